The molecule has 0 saturated carbocycles. The standard InChI is InChI=1S/C5H9IO2.H2S/c1-4(7)2-5(8)3-6;/h5,8H,2-3H2,1H3;1H2/t5-;/m0./s1. The number of aliphatic hydroxyl groups is 1. The summed E-state index contributed by atoms with van der Waals surface area (Å²) >= 11 is 2.04. The number of hydrogen-bond donors (Lipinski definition) is 1. The summed E-state index contributed by atoms with van der Waals surface area (Å²) in [5.41, 5.74) is 0. The maximum atomic E-state index is 10.2. The second kappa shape index (κ2) is 6.82. The summed E-state index contributed by atoms with van der Waals surface area (Å²) in [6.07, 6.45) is -0.142. The van der Waals surface area contributed by atoms with Gasteiger partial charge in [-0.25, -0.2) is 0 Å². The smallest absolute Gasteiger partial charge is 0.132 e. The molecule has 0 heterocycles. The van der Waals surface area contributed by atoms with Crippen molar-refractivity contribution in [2.45, 2.75) is 19.4 Å². The fourth-order valence-corrected chi connectivity index (χ4v) is 0.698. The molecule has 0 bridgehead atoms. The number of alkyl halides is 1. The van der Waals surface area contributed by atoms with E-state index in [2.05, 4.69) is 0 Å². The number of hydrogen-bond acceptors (Lipinski definition) is 2. The Balaban J connectivity index is 0. The summed E-state index contributed by atoms with van der Waals surface area (Å²) < 4.78 is 0.636. The molecule has 0 amide bonds. The van der Waals surface area contributed by atoms with Gasteiger partial charge in [0.2, 0.25) is 0 Å². The van der Waals surface area contributed by atoms with Crippen LogP contribution in [-0.2, 0) is 4.79 Å². The lowest BCUT2D eigenvalue weighted by atomic mass is 10.2. The van der Waals surface area contributed by atoms with E-state index in [9.17, 15) is 4.79 Å². The Morgan fingerprint density at radius 2 is 2.22 bits per heavy atom. The molecule has 2 nitrogen and oxygen atoms in total. The minimum atomic E-state index is -0.437. The molecule has 0 aromatic carbocycles. The van der Waals surface area contributed by atoms with E-state index in [4.69, 9.17) is 5.11 Å². The van der Waals surface area contributed by atoms with Gasteiger partial charge in [-0.2, -0.15) is 13.5 Å². The van der Waals surface area contributed by atoms with Crippen LogP contribution in [0.2, 0.25) is 0 Å². The van der Waals surface area contributed by atoms with Crippen molar-refractivity contribution in [3.05, 3.63) is 0 Å². The first-order chi connectivity index (χ1) is 3.66. The summed E-state index contributed by atoms with van der Waals surface area (Å²) in [6.45, 7) is 1.48. The van der Waals surface area contributed by atoms with Crippen LogP contribution in [0.5, 0.6) is 0 Å². The Kier molecular flexibility index (Phi) is 9.40. The monoisotopic (exact) mass is 262 g/mol. The van der Waals surface area contributed by atoms with Crippen molar-refractivity contribution in [1.82, 2.24) is 0 Å². The molecule has 0 spiro atoms. The van der Waals surface area contributed by atoms with Crippen LogP contribution in [0.25, 0.3) is 0 Å². The summed E-state index contributed by atoms with van der Waals surface area (Å²) in [7, 11) is 0. The van der Waals surface area contributed by atoms with Crippen molar-refractivity contribution >= 4 is 41.9 Å². The second-order valence-electron chi connectivity index (χ2n) is 1.71. The first-order valence-corrected chi connectivity index (χ1v) is 3.93. The highest BCUT2D eigenvalue weighted by Gasteiger charge is 2.02. The minimum Gasteiger partial charge on any atom is -0.392 e. The van der Waals surface area contributed by atoms with Gasteiger partial charge in [-0.15, -0.1) is 0 Å². The van der Waals surface area contributed by atoms with Gasteiger partial charge >= 0.3 is 0 Å². The molecular weight excluding hydrogens is 251 g/mol. The normalized spacial score (nSPS) is 11.9. The van der Waals surface area contributed by atoms with Gasteiger partial charge in [0.1, 0.15) is 5.78 Å². The summed E-state index contributed by atoms with van der Waals surface area (Å²) in [4.78, 5) is 10.2. The first-order valence-electron chi connectivity index (χ1n) is 2.40. The molecule has 0 unspecified atom stereocenters. The average molecular weight is 262 g/mol. The molecular formula is C5H11IO2S. The van der Waals surface area contributed by atoms with Gasteiger partial charge in [0.05, 0.1) is 6.10 Å². The molecule has 0 aliphatic carbocycles. The highest BCUT2D eigenvalue weighted by atomic mass is 127. The highest BCUT2D eigenvalue weighted by molar-refractivity contribution is 14.1. The van der Waals surface area contributed by atoms with Crippen LogP contribution in [-0.4, -0.2) is 21.4 Å². The number of rotatable bonds is 3. The van der Waals surface area contributed by atoms with Crippen molar-refractivity contribution in [3.8, 4) is 0 Å². The summed E-state index contributed by atoms with van der Waals surface area (Å²) in [5.74, 6) is 0.0502. The fourth-order valence-electron chi connectivity index (χ4n) is 0.386. The van der Waals surface area contributed by atoms with Crippen LogP contribution < -0.4 is 0 Å². The van der Waals surface area contributed by atoms with Gasteiger partial charge in [0, 0.05) is 10.8 Å². The van der Waals surface area contributed by atoms with E-state index in [0.717, 1.165) is 0 Å². The minimum absolute atomic E-state index is 0. The molecule has 4 heteroatoms. The summed E-state index contributed by atoms with van der Waals surface area (Å²) in [5, 5.41) is 8.80. The van der Waals surface area contributed by atoms with E-state index in [0.29, 0.717) is 10.8 Å². The average Bonchev–Trinajstić information content (AvgIpc) is 1.65. The van der Waals surface area contributed by atoms with Gasteiger partial charge in [-0.1, -0.05) is 22.6 Å². The third-order valence-electron chi connectivity index (χ3n) is 0.701. The number of carbonyl (C=O) groups is 1. The van der Waals surface area contributed by atoms with Crippen molar-refractivity contribution in [1.29, 1.82) is 0 Å². The maximum absolute atomic E-state index is 10.2. The van der Waals surface area contributed by atoms with E-state index in [1.165, 1.54) is 6.92 Å². The third kappa shape index (κ3) is 8.71. The van der Waals surface area contributed by atoms with Crippen LogP contribution in [0.1, 0.15) is 13.3 Å². The number of ketones is 1. The van der Waals surface area contributed by atoms with E-state index < -0.39 is 6.10 Å². The predicted octanol–water partition coefficient (Wildman–Crippen LogP) is 0.874. The molecule has 0 aromatic heterocycles. The molecule has 9 heavy (non-hydrogen) atoms. The van der Waals surface area contributed by atoms with Crippen LogP contribution in [0.15, 0.2) is 0 Å². The zero-order valence-electron chi connectivity index (χ0n) is 5.22. The Morgan fingerprint density at radius 1 is 1.78 bits per heavy atom. The number of halogens is 1. The molecule has 1 atom stereocenters. The molecule has 0 rings (SSSR count). The van der Waals surface area contributed by atoms with E-state index in [-0.39, 0.29) is 19.3 Å². The predicted molar refractivity (Wildman–Crippen MR) is 50.6 cm³/mol. The highest BCUT2D eigenvalue weighted by Crippen LogP contribution is 1.96. The van der Waals surface area contributed by atoms with Crippen LogP contribution in [0.4, 0.5) is 0 Å². The third-order valence-corrected chi connectivity index (χ3v) is 1.72. The van der Waals surface area contributed by atoms with Gasteiger partial charge in [-0.05, 0) is 6.92 Å². The molecule has 0 fully saturated rings. The Hall–Kier alpha value is 0.710. The molecule has 1 N–H and O–H groups in total. The zero-order chi connectivity index (χ0) is 6.57. The molecule has 0 aromatic rings. The number of Topliss-reactive ketones (excluding diaryl/α,β-unsaturated/α-hetero) is 1. The van der Waals surface area contributed by atoms with E-state index >= 15 is 0 Å². The summed E-state index contributed by atoms with van der Waals surface area (Å²) in [6, 6.07) is 0. The molecule has 0 saturated heterocycles. The van der Waals surface area contributed by atoms with Crippen LogP contribution >= 0.6 is 36.1 Å². The molecule has 0 aliphatic heterocycles. The molecule has 0 radical (unpaired) electrons. The fraction of sp³-hybridized carbons (Fsp3) is 0.800. The Morgan fingerprint density at radius 3 is 2.33 bits per heavy atom. The lowest BCUT2D eigenvalue weighted by Crippen LogP contribution is -2.11. The van der Waals surface area contributed by atoms with Crippen molar-refractivity contribution in [2.24, 2.45) is 0 Å². The van der Waals surface area contributed by atoms with Gasteiger partial charge in [0.15, 0.2) is 0 Å². The number of carbonyl (C=O) groups excluding carboxylic acids is 1. The lowest BCUT2D eigenvalue weighted by molar-refractivity contribution is -0.118. The Bertz CT molecular complexity index is 87.0. The second-order valence-corrected chi connectivity index (χ2v) is 2.60. The van der Waals surface area contributed by atoms with E-state index in [1.54, 1.807) is 0 Å². The van der Waals surface area contributed by atoms with Crippen molar-refractivity contribution in [2.75, 3.05) is 4.43 Å². The lowest BCUT2D eigenvalue weighted by Gasteiger charge is -2.00. The van der Waals surface area contributed by atoms with Crippen LogP contribution in [0, 0.1) is 0 Å². The topological polar surface area (TPSA) is 37.3 Å². The molecule has 56 valence electrons. The van der Waals surface area contributed by atoms with Crippen molar-refractivity contribution in [3.63, 3.8) is 0 Å². The van der Waals surface area contributed by atoms with E-state index in [1.807, 2.05) is 22.6 Å². The van der Waals surface area contributed by atoms with Crippen LogP contribution in [0.3, 0.4) is 0 Å². The van der Waals surface area contributed by atoms with Gasteiger partial charge in [-0.3, -0.25) is 4.79 Å². The number of aliphatic hydroxyl groups excluding tert-OH is 1. The Labute approximate surface area is 75.6 Å². The van der Waals surface area contributed by atoms with Gasteiger partial charge in [0.25, 0.3) is 0 Å². The van der Waals surface area contributed by atoms with Gasteiger partial charge < -0.3 is 5.11 Å². The maximum Gasteiger partial charge on any atom is 0.132 e. The SMILES string of the molecule is CC(=O)C[C@H](O)CI.S. The largest absolute Gasteiger partial charge is 0.392 e. The zero-order valence-corrected chi connectivity index (χ0v) is 8.38. The first kappa shape index (κ1) is 12.4. The molecule has 0 aliphatic rings. The quantitative estimate of drug-likeness (QED) is 0.605. The van der Waals surface area contributed by atoms with Crippen molar-refractivity contribution < 1.29 is 9.90 Å².